The monoisotopic (exact) mass is 566 g/mol. The Morgan fingerprint density at radius 3 is 2.50 bits per heavy atom. The zero-order valence-electron chi connectivity index (χ0n) is 22.2. The maximum atomic E-state index is 14.0. The van der Waals surface area contributed by atoms with E-state index in [4.69, 9.17) is 14.9 Å². The van der Waals surface area contributed by atoms with Gasteiger partial charge in [-0.3, -0.25) is 9.59 Å². The van der Waals surface area contributed by atoms with Crippen LogP contribution in [0.15, 0.2) is 40.8 Å². The molecule has 0 aliphatic heterocycles. The Labute approximate surface area is 228 Å². The van der Waals surface area contributed by atoms with Crippen LogP contribution in [0, 0.1) is 11.6 Å². The number of halogens is 4. The Bertz CT molecular complexity index is 1330. The van der Waals surface area contributed by atoms with Gasteiger partial charge in [0.1, 0.15) is 11.6 Å². The molecule has 0 saturated heterocycles. The lowest BCUT2D eigenvalue weighted by Gasteiger charge is -2.13. The van der Waals surface area contributed by atoms with Crippen molar-refractivity contribution in [3.05, 3.63) is 65.1 Å². The number of nitrogens with zero attached hydrogens (tertiary/aromatic N) is 2. The first-order valence-corrected chi connectivity index (χ1v) is 12.4. The lowest BCUT2D eigenvalue weighted by molar-refractivity contribution is -0.128. The van der Waals surface area contributed by atoms with Crippen LogP contribution in [-0.2, 0) is 11.3 Å². The lowest BCUT2D eigenvalue weighted by Crippen LogP contribution is -2.25. The second-order valence-corrected chi connectivity index (χ2v) is 9.07. The van der Waals surface area contributed by atoms with Crippen LogP contribution < -0.4 is 20.5 Å². The van der Waals surface area contributed by atoms with Gasteiger partial charge in [0.2, 0.25) is 11.8 Å². The van der Waals surface area contributed by atoms with Crippen LogP contribution in [0.3, 0.4) is 0 Å². The minimum absolute atomic E-state index is 0.0185. The third-order valence-corrected chi connectivity index (χ3v) is 5.68. The molecule has 13 heteroatoms. The number of amides is 2. The zero-order chi connectivity index (χ0) is 29.4. The second kappa shape index (κ2) is 13.8. The van der Waals surface area contributed by atoms with Crippen molar-refractivity contribution in [2.75, 3.05) is 20.7 Å². The van der Waals surface area contributed by atoms with Crippen LogP contribution in [0.5, 0.6) is 11.5 Å². The van der Waals surface area contributed by atoms with Crippen molar-refractivity contribution in [3.8, 4) is 23.0 Å². The van der Waals surface area contributed by atoms with Gasteiger partial charge in [0.25, 0.3) is 5.91 Å². The minimum Gasteiger partial charge on any atom is -0.490 e. The molecule has 0 aliphatic rings. The van der Waals surface area contributed by atoms with Crippen molar-refractivity contribution in [1.29, 1.82) is 0 Å². The van der Waals surface area contributed by atoms with Gasteiger partial charge in [-0.2, -0.15) is 8.78 Å². The van der Waals surface area contributed by atoms with Gasteiger partial charge in [0.05, 0.1) is 12.6 Å². The molecule has 1 atom stereocenters. The molecule has 9 nitrogen and oxygen atoms in total. The molecule has 3 aromatic rings. The number of carbonyl (C=O) groups excluding carboxylic acids is 2. The molecule has 40 heavy (non-hydrogen) atoms. The number of unbranched alkanes of at least 4 members (excludes halogenated alkanes) is 1. The molecule has 2 aromatic carbocycles. The average molecular weight is 567 g/mol. The Hall–Kier alpha value is -4.13. The summed E-state index contributed by atoms with van der Waals surface area (Å²) in [6, 6.07) is 6.23. The molecule has 0 unspecified atom stereocenters. The summed E-state index contributed by atoms with van der Waals surface area (Å²) in [7, 11) is 3.30. The van der Waals surface area contributed by atoms with E-state index in [-0.39, 0.29) is 59.0 Å². The molecule has 3 N–H and O–H groups in total. The summed E-state index contributed by atoms with van der Waals surface area (Å²) in [5.74, 6) is -2.58. The first-order chi connectivity index (χ1) is 19.0. The van der Waals surface area contributed by atoms with Gasteiger partial charge in [-0.15, -0.1) is 0 Å². The maximum absolute atomic E-state index is 14.0. The van der Waals surface area contributed by atoms with Crippen molar-refractivity contribution in [3.63, 3.8) is 0 Å². The van der Waals surface area contributed by atoms with Crippen molar-refractivity contribution < 1.29 is 41.0 Å². The summed E-state index contributed by atoms with van der Waals surface area (Å²) in [5.41, 5.74) is 6.15. The summed E-state index contributed by atoms with van der Waals surface area (Å²) in [5, 5.41) is 2.50. The summed E-state index contributed by atoms with van der Waals surface area (Å²) in [4.78, 5) is 30.3. The molecule has 0 radical (unpaired) electrons. The molecule has 0 spiro atoms. The summed E-state index contributed by atoms with van der Waals surface area (Å²) in [6.07, 6.45) is 1.32. The number of nitrogens with one attached hydrogen (secondary N) is 1. The van der Waals surface area contributed by atoms with Crippen LogP contribution in [0.25, 0.3) is 11.5 Å². The number of nitrogens with two attached hydrogens (primary N) is 1. The molecular weight excluding hydrogens is 536 g/mol. The van der Waals surface area contributed by atoms with E-state index in [0.29, 0.717) is 25.3 Å². The van der Waals surface area contributed by atoms with Gasteiger partial charge >= 0.3 is 6.61 Å². The van der Waals surface area contributed by atoms with Crippen molar-refractivity contribution in [2.24, 2.45) is 5.73 Å². The number of oxazole rings is 1. The summed E-state index contributed by atoms with van der Waals surface area (Å²) < 4.78 is 69.0. The van der Waals surface area contributed by atoms with E-state index >= 15 is 0 Å². The fourth-order valence-corrected chi connectivity index (χ4v) is 3.58. The Kier molecular flexibility index (Phi) is 10.5. The van der Waals surface area contributed by atoms with E-state index in [1.807, 2.05) is 0 Å². The number of benzene rings is 2. The molecule has 1 heterocycles. The number of aromatic nitrogens is 1. The van der Waals surface area contributed by atoms with Crippen LogP contribution in [0.1, 0.15) is 54.0 Å². The van der Waals surface area contributed by atoms with E-state index in [1.54, 1.807) is 21.0 Å². The predicted octanol–water partition coefficient (Wildman–Crippen LogP) is 4.81. The molecule has 0 saturated carbocycles. The smallest absolute Gasteiger partial charge is 0.387 e. The molecule has 1 aromatic heterocycles. The number of alkyl halides is 2. The van der Waals surface area contributed by atoms with Crippen LogP contribution in [0.2, 0.25) is 0 Å². The molecule has 3 rings (SSSR count). The first-order valence-electron chi connectivity index (χ1n) is 12.4. The summed E-state index contributed by atoms with van der Waals surface area (Å²) in [6.45, 7) is -1.66. The Balaban J connectivity index is 1.79. The fourth-order valence-electron chi connectivity index (χ4n) is 3.58. The van der Waals surface area contributed by atoms with Crippen LogP contribution >= 0.6 is 0 Å². The van der Waals surface area contributed by atoms with E-state index in [2.05, 4.69) is 15.0 Å². The highest BCUT2D eigenvalue weighted by atomic mass is 19.3. The average Bonchev–Trinajstić information content (AvgIpc) is 3.34. The molecule has 0 aliphatic carbocycles. The number of ether oxygens (including phenoxy) is 2. The van der Waals surface area contributed by atoms with E-state index in [1.165, 1.54) is 29.2 Å². The van der Waals surface area contributed by atoms with Gasteiger partial charge in [-0.05, 0) is 44.0 Å². The number of hydrogen-bond donors (Lipinski definition) is 2. The quantitative estimate of drug-likeness (QED) is 0.225. The SMILES string of the molecule is C[C@H](N)c1oc(-c2ccc(OC(F)F)c(OCCCCC(=O)N(C)C)c2)nc1C(=O)NCc1ccc(F)cc1F. The van der Waals surface area contributed by atoms with Gasteiger partial charge in [-0.25, -0.2) is 13.8 Å². The predicted molar refractivity (Wildman–Crippen MR) is 137 cm³/mol. The third-order valence-electron chi connectivity index (χ3n) is 5.68. The Morgan fingerprint density at radius 1 is 1.10 bits per heavy atom. The number of rotatable bonds is 13. The highest BCUT2D eigenvalue weighted by Gasteiger charge is 2.24. The molecule has 2 amide bonds. The van der Waals surface area contributed by atoms with E-state index in [9.17, 15) is 27.2 Å². The third kappa shape index (κ3) is 8.18. The minimum atomic E-state index is -3.10. The fraction of sp³-hybridized carbons (Fsp3) is 0.370. The highest BCUT2D eigenvalue weighted by Crippen LogP contribution is 2.35. The molecule has 0 bridgehead atoms. The Morgan fingerprint density at radius 2 is 1.85 bits per heavy atom. The van der Waals surface area contributed by atoms with E-state index < -0.39 is 30.2 Å². The molecular formula is C27H30F4N4O5. The van der Waals surface area contributed by atoms with Gasteiger partial charge in [-0.1, -0.05) is 6.07 Å². The van der Waals surface area contributed by atoms with Gasteiger partial charge in [0, 0.05) is 44.3 Å². The molecule has 216 valence electrons. The summed E-state index contributed by atoms with van der Waals surface area (Å²) >= 11 is 0. The first kappa shape index (κ1) is 30.4. The largest absolute Gasteiger partial charge is 0.490 e. The maximum Gasteiger partial charge on any atom is 0.387 e. The normalized spacial score (nSPS) is 11.8. The van der Waals surface area contributed by atoms with E-state index in [0.717, 1.165) is 6.07 Å². The number of hydrogen-bond acceptors (Lipinski definition) is 7. The van der Waals surface area contributed by atoms with Crippen molar-refractivity contribution >= 4 is 11.8 Å². The highest BCUT2D eigenvalue weighted by molar-refractivity contribution is 5.94. The number of carbonyl (C=O) groups is 2. The van der Waals surface area contributed by atoms with Crippen molar-refractivity contribution in [1.82, 2.24) is 15.2 Å². The zero-order valence-corrected chi connectivity index (χ0v) is 22.2. The van der Waals surface area contributed by atoms with Crippen molar-refractivity contribution in [2.45, 2.75) is 45.4 Å². The lowest BCUT2D eigenvalue weighted by atomic mass is 10.2. The second-order valence-electron chi connectivity index (χ2n) is 9.07. The van der Waals surface area contributed by atoms with Crippen LogP contribution in [-0.4, -0.2) is 49.0 Å². The standard InChI is InChI=1S/C27H30F4N4O5/c1-15(32)24-23(25(37)33-14-17-7-9-18(28)13-19(17)29)34-26(40-24)16-8-10-20(39-27(30)31)21(12-16)38-11-5-4-6-22(36)35(2)3/h7-10,12-13,15,27H,4-6,11,14,32H2,1-3H3,(H,33,37)/t15-/m0/s1. The topological polar surface area (TPSA) is 120 Å². The van der Waals surface area contributed by atoms with Gasteiger partial charge in [0.15, 0.2) is 23.0 Å². The van der Waals surface area contributed by atoms with Gasteiger partial charge < -0.3 is 29.8 Å². The van der Waals surface area contributed by atoms with Crippen LogP contribution in [0.4, 0.5) is 17.6 Å². The molecule has 0 fully saturated rings.